The highest BCUT2D eigenvalue weighted by Crippen LogP contribution is 2.48. The van der Waals surface area contributed by atoms with Gasteiger partial charge in [0, 0.05) is 27.1 Å². The fourth-order valence-corrected chi connectivity index (χ4v) is 3.77. The van der Waals surface area contributed by atoms with E-state index < -0.39 is 0 Å². The lowest BCUT2D eigenvalue weighted by atomic mass is 9.90. The van der Waals surface area contributed by atoms with E-state index in [-0.39, 0.29) is 16.6 Å². The Balaban J connectivity index is 2.55. The van der Waals surface area contributed by atoms with Crippen LogP contribution in [0.25, 0.3) is 0 Å². The molecule has 0 saturated carbocycles. The molecule has 0 radical (unpaired) electrons. The maximum Gasteiger partial charge on any atom is 0.127 e. The van der Waals surface area contributed by atoms with Crippen molar-refractivity contribution in [2.75, 3.05) is 6.54 Å². The number of benzene rings is 1. The molecule has 1 heterocycles. The lowest BCUT2D eigenvalue weighted by molar-refractivity contribution is 0.445. The summed E-state index contributed by atoms with van der Waals surface area (Å²) in [7, 11) is 0. The van der Waals surface area contributed by atoms with E-state index in [4.69, 9.17) is 11.6 Å². The molecule has 94 valence electrons. The highest BCUT2D eigenvalue weighted by Gasteiger charge is 2.38. The maximum absolute atomic E-state index is 13.8. The molecule has 1 aliphatic rings. The summed E-state index contributed by atoms with van der Waals surface area (Å²) in [6.07, 6.45) is 0. The monoisotopic (exact) mass is 273 g/mol. The second kappa shape index (κ2) is 4.79. The molecule has 1 atom stereocenters. The Morgan fingerprint density at radius 2 is 2.24 bits per heavy atom. The summed E-state index contributed by atoms with van der Waals surface area (Å²) in [4.78, 5) is 0. The van der Waals surface area contributed by atoms with E-state index >= 15 is 0 Å². The van der Waals surface area contributed by atoms with Gasteiger partial charge in [0.2, 0.25) is 0 Å². The summed E-state index contributed by atoms with van der Waals surface area (Å²) in [5, 5.41) is 4.09. The zero-order valence-corrected chi connectivity index (χ0v) is 11.9. The number of hydrogen-bond acceptors (Lipinski definition) is 2. The second-order valence-corrected chi connectivity index (χ2v) is 6.84. The molecule has 0 spiro atoms. The van der Waals surface area contributed by atoms with Gasteiger partial charge in [0.05, 0.1) is 0 Å². The molecule has 1 aromatic carbocycles. The Labute approximate surface area is 111 Å². The van der Waals surface area contributed by atoms with E-state index in [1.54, 1.807) is 17.8 Å². The zero-order chi connectivity index (χ0) is 12.6. The van der Waals surface area contributed by atoms with Crippen molar-refractivity contribution in [2.45, 2.75) is 37.3 Å². The summed E-state index contributed by atoms with van der Waals surface area (Å²) in [5.74, 6) is 0.548. The van der Waals surface area contributed by atoms with Crippen molar-refractivity contribution in [1.29, 1.82) is 0 Å². The zero-order valence-electron chi connectivity index (χ0n) is 10.3. The molecule has 4 heteroatoms. The molecule has 0 fully saturated rings. The van der Waals surface area contributed by atoms with Crippen LogP contribution in [0, 0.1) is 5.82 Å². The highest BCUT2D eigenvalue weighted by molar-refractivity contribution is 8.00. The fourth-order valence-electron chi connectivity index (χ4n) is 2.31. The second-order valence-electron chi connectivity index (χ2n) is 4.80. The molecule has 17 heavy (non-hydrogen) atoms. The molecule has 0 bridgehead atoms. The van der Waals surface area contributed by atoms with Gasteiger partial charge in [-0.25, -0.2) is 4.39 Å². The summed E-state index contributed by atoms with van der Waals surface area (Å²) < 4.78 is 13.8. The van der Waals surface area contributed by atoms with Crippen molar-refractivity contribution in [3.63, 3.8) is 0 Å². The first-order valence-electron chi connectivity index (χ1n) is 5.81. The quantitative estimate of drug-likeness (QED) is 0.869. The number of rotatable bonds is 2. The first-order valence-corrected chi connectivity index (χ1v) is 7.18. The third kappa shape index (κ3) is 2.33. The van der Waals surface area contributed by atoms with Gasteiger partial charge in [-0.3, -0.25) is 0 Å². The van der Waals surface area contributed by atoms with Crippen LogP contribution in [0.1, 0.15) is 37.9 Å². The Morgan fingerprint density at radius 3 is 2.88 bits per heavy atom. The van der Waals surface area contributed by atoms with Crippen LogP contribution < -0.4 is 5.32 Å². The average molecular weight is 274 g/mol. The van der Waals surface area contributed by atoms with E-state index in [1.165, 1.54) is 6.07 Å². The predicted molar refractivity (Wildman–Crippen MR) is 73.2 cm³/mol. The van der Waals surface area contributed by atoms with Gasteiger partial charge >= 0.3 is 0 Å². The molecular weight excluding hydrogens is 257 g/mol. The van der Waals surface area contributed by atoms with E-state index in [2.05, 4.69) is 26.1 Å². The Bertz CT molecular complexity index is 434. The van der Waals surface area contributed by atoms with Crippen molar-refractivity contribution in [1.82, 2.24) is 5.32 Å². The van der Waals surface area contributed by atoms with E-state index in [0.717, 1.165) is 17.7 Å². The molecule has 2 rings (SSSR count). The minimum Gasteiger partial charge on any atom is -0.309 e. The van der Waals surface area contributed by atoms with Gasteiger partial charge in [0.1, 0.15) is 5.82 Å². The third-order valence-corrected chi connectivity index (χ3v) is 4.97. The van der Waals surface area contributed by atoms with Crippen LogP contribution in [-0.4, -0.2) is 11.3 Å². The lowest BCUT2D eigenvalue weighted by Crippen LogP contribution is -2.40. The van der Waals surface area contributed by atoms with Gasteiger partial charge in [-0.1, -0.05) is 18.5 Å². The molecule has 1 unspecified atom stereocenters. The lowest BCUT2D eigenvalue weighted by Gasteiger charge is -2.40. The fraction of sp³-hybridized carbons (Fsp3) is 0.538. The van der Waals surface area contributed by atoms with E-state index in [1.807, 2.05) is 0 Å². The van der Waals surface area contributed by atoms with Crippen LogP contribution in [0.15, 0.2) is 12.1 Å². The number of hydrogen-bond donors (Lipinski definition) is 1. The smallest absolute Gasteiger partial charge is 0.127 e. The average Bonchev–Trinajstić information content (AvgIpc) is 2.27. The van der Waals surface area contributed by atoms with Gasteiger partial charge in [-0.15, -0.1) is 11.8 Å². The summed E-state index contributed by atoms with van der Waals surface area (Å²) in [6.45, 7) is 7.26. The summed E-state index contributed by atoms with van der Waals surface area (Å²) in [5.41, 5.74) is 1.70. The topological polar surface area (TPSA) is 12.0 Å². The predicted octanol–water partition coefficient (Wildman–Crippen LogP) is 4.16. The largest absolute Gasteiger partial charge is 0.309 e. The number of thioether (sulfide) groups is 1. The highest BCUT2D eigenvalue weighted by atomic mass is 35.5. The van der Waals surface area contributed by atoms with Gasteiger partial charge in [0.25, 0.3) is 0 Å². The molecule has 1 nitrogen and oxygen atoms in total. The molecule has 1 aliphatic heterocycles. The normalized spacial score (nSPS) is 22.3. The molecular formula is C13H17ClFNS. The summed E-state index contributed by atoms with van der Waals surface area (Å²) >= 11 is 8.03. The van der Waals surface area contributed by atoms with Crippen LogP contribution in [0.2, 0.25) is 5.02 Å². The third-order valence-electron chi connectivity index (χ3n) is 3.23. The molecule has 1 aromatic rings. The van der Waals surface area contributed by atoms with Crippen molar-refractivity contribution in [2.24, 2.45) is 0 Å². The van der Waals surface area contributed by atoms with Crippen molar-refractivity contribution in [3.05, 3.63) is 34.1 Å². The first-order chi connectivity index (χ1) is 7.97. The first kappa shape index (κ1) is 13.2. The van der Waals surface area contributed by atoms with Gasteiger partial charge in [0.15, 0.2) is 0 Å². The molecule has 0 amide bonds. The molecule has 0 saturated heterocycles. The molecule has 0 aromatic heterocycles. The molecule has 0 aliphatic carbocycles. The van der Waals surface area contributed by atoms with Gasteiger partial charge < -0.3 is 5.32 Å². The Hall–Kier alpha value is -0.250. The molecule has 1 N–H and O–H groups in total. The van der Waals surface area contributed by atoms with Gasteiger partial charge in [-0.2, -0.15) is 0 Å². The van der Waals surface area contributed by atoms with E-state index in [0.29, 0.717) is 10.8 Å². The van der Waals surface area contributed by atoms with Crippen LogP contribution >= 0.6 is 23.4 Å². The Kier molecular flexibility index (Phi) is 3.71. The van der Waals surface area contributed by atoms with E-state index in [9.17, 15) is 4.39 Å². The van der Waals surface area contributed by atoms with Gasteiger partial charge in [-0.05, 0) is 38.1 Å². The minimum atomic E-state index is -0.143. The number of halogens is 2. The van der Waals surface area contributed by atoms with Crippen molar-refractivity contribution >= 4 is 23.4 Å². The minimum absolute atomic E-state index is 0.0282. The van der Waals surface area contributed by atoms with Crippen molar-refractivity contribution in [3.8, 4) is 0 Å². The SMILES string of the molecule is CCNC1c2c(Cl)ccc(F)c2CSC1(C)C. The standard InChI is InChI=1S/C13H17ClFNS/c1-4-16-12-11-8(7-17-13(12,2)3)10(15)6-5-9(11)14/h5-6,12,16H,4,7H2,1-3H3. The maximum atomic E-state index is 13.8. The van der Waals surface area contributed by atoms with Crippen LogP contribution in [0.3, 0.4) is 0 Å². The Morgan fingerprint density at radius 1 is 1.53 bits per heavy atom. The summed E-state index contributed by atoms with van der Waals surface area (Å²) in [6, 6.07) is 3.22. The van der Waals surface area contributed by atoms with Crippen molar-refractivity contribution < 1.29 is 4.39 Å². The number of nitrogens with one attached hydrogen (secondary N) is 1. The number of fused-ring (bicyclic) bond motifs is 1. The van der Waals surface area contributed by atoms with Crippen LogP contribution in [0.5, 0.6) is 0 Å². The van der Waals surface area contributed by atoms with Crippen LogP contribution in [0.4, 0.5) is 4.39 Å². The van der Waals surface area contributed by atoms with Crippen LogP contribution in [-0.2, 0) is 5.75 Å².